The number of rotatable bonds is 3. The molecule has 1 fully saturated rings. The summed E-state index contributed by atoms with van der Waals surface area (Å²) < 4.78 is 0. The number of fused-ring (bicyclic) bond motifs is 1. The Balaban J connectivity index is 1.67. The molecule has 3 heteroatoms. The highest BCUT2D eigenvalue weighted by Crippen LogP contribution is 2.55. The molecule has 2 heterocycles. The van der Waals surface area contributed by atoms with Gasteiger partial charge in [0.1, 0.15) is 5.52 Å². The fraction of sp³-hybridized carbons (Fsp3) is 0.286. The second-order valence-electron chi connectivity index (χ2n) is 9.69. The number of benzene rings is 2. The second-order valence-corrected chi connectivity index (χ2v) is 10.0. The van der Waals surface area contributed by atoms with Crippen LogP contribution in [0, 0.1) is 5.41 Å². The van der Waals surface area contributed by atoms with E-state index in [4.69, 9.17) is 16.6 Å². The summed E-state index contributed by atoms with van der Waals surface area (Å²) in [6.07, 6.45) is 5.58. The number of halogens is 1. The number of nitrogens with zero attached hydrogens (tertiary/aromatic N) is 2. The molecule has 0 aliphatic heterocycles. The monoisotopic (exact) mass is 426 g/mol. The summed E-state index contributed by atoms with van der Waals surface area (Å²) in [5.41, 5.74) is 7.02. The maximum atomic E-state index is 6.40. The molecule has 0 atom stereocenters. The molecule has 31 heavy (non-hydrogen) atoms. The van der Waals surface area contributed by atoms with E-state index in [1.54, 1.807) is 6.20 Å². The van der Waals surface area contributed by atoms with Crippen LogP contribution in [0.25, 0.3) is 33.3 Å². The second kappa shape index (κ2) is 7.46. The first-order valence-electron chi connectivity index (χ1n) is 11.0. The summed E-state index contributed by atoms with van der Waals surface area (Å²) >= 11 is 6.40. The Labute approximate surface area is 189 Å². The van der Waals surface area contributed by atoms with Crippen LogP contribution in [0.5, 0.6) is 0 Å². The van der Waals surface area contributed by atoms with Gasteiger partial charge in [0.25, 0.3) is 0 Å². The number of hydrogen-bond acceptors (Lipinski definition) is 2. The standard InChI is InChI=1S/C28H27ClN2/c1-27(2,3)28(15-7-16-28)22-12-10-20(11-13-22)24-23(19-8-5-4-6-9-19)18-21-14-17-30-26(29)25(21)31-24/h4-6,8-14,17-18H,7,15-16H2,1-3H3. The van der Waals surface area contributed by atoms with Crippen molar-refractivity contribution < 1.29 is 0 Å². The van der Waals surface area contributed by atoms with Crippen molar-refractivity contribution in [2.24, 2.45) is 5.41 Å². The van der Waals surface area contributed by atoms with Gasteiger partial charge in [-0.15, -0.1) is 0 Å². The van der Waals surface area contributed by atoms with Gasteiger partial charge in [-0.25, -0.2) is 9.97 Å². The van der Waals surface area contributed by atoms with E-state index in [0.717, 1.165) is 33.3 Å². The molecule has 0 N–H and O–H groups in total. The number of aromatic nitrogens is 2. The summed E-state index contributed by atoms with van der Waals surface area (Å²) in [6.45, 7) is 7.11. The minimum atomic E-state index is 0.252. The van der Waals surface area contributed by atoms with Crippen LogP contribution in [0.1, 0.15) is 45.6 Å². The SMILES string of the molecule is CC(C)(C)C1(c2ccc(-c3nc4c(Cl)nccc4cc3-c3ccccc3)cc2)CCC1. The van der Waals surface area contributed by atoms with Crippen molar-refractivity contribution in [3.63, 3.8) is 0 Å². The smallest absolute Gasteiger partial charge is 0.155 e. The van der Waals surface area contributed by atoms with E-state index in [-0.39, 0.29) is 10.8 Å². The quantitative estimate of drug-likeness (QED) is 0.309. The summed E-state index contributed by atoms with van der Waals surface area (Å²) in [7, 11) is 0. The van der Waals surface area contributed by atoms with Crippen LogP contribution in [0.2, 0.25) is 5.15 Å². The molecule has 2 aromatic carbocycles. The summed E-state index contributed by atoms with van der Waals surface area (Å²) in [4.78, 5) is 9.24. The third-order valence-corrected chi connectivity index (χ3v) is 7.40. The van der Waals surface area contributed by atoms with Gasteiger partial charge in [-0.2, -0.15) is 0 Å². The van der Waals surface area contributed by atoms with Crippen molar-refractivity contribution in [2.75, 3.05) is 0 Å². The Morgan fingerprint density at radius 3 is 2.19 bits per heavy atom. The maximum Gasteiger partial charge on any atom is 0.155 e. The maximum absolute atomic E-state index is 6.40. The van der Waals surface area contributed by atoms with E-state index in [9.17, 15) is 0 Å². The zero-order valence-corrected chi connectivity index (χ0v) is 19.1. The molecular weight excluding hydrogens is 400 g/mol. The van der Waals surface area contributed by atoms with E-state index >= 15 is 0 Å². The highest BCUT2D eigenvalue weighted by atomic mass is 35.5. The molecule has 0 saturated heterocycles. The highest BCUT2D eigenvalue weighted by molar-refractivity contribution is 6.33. The first-order valence-corrected chi connectivity index (χ1v) is 11.4. The molecule has 1 saturated carbocycles. The van der Waals surface area contributed by atoms with Gasteiger partial charge in [0, 0.05) is 28.1 Å². The Bertz CT molecular complexity index is 1230. The van der Waals surface area contributed by atoms with Gasteiger partial charge in [0.15, 0.2) is 5.15 Å². The minimum absolute atomic E-state index is 0.252. The number of hydrogen-bond donors (Lipinski definition) is 0. The van der Waals surface area contributed by atoms with Crippen LogP contribution in [0.3, 0.4) is 0 Å². The Kier molecular flexibility index (Phi) is 4.86. The van der Waals surface area contributed by atoms with Gasteiger partial charge in [-0.05, 0) is 41.5 Å². The lowest BCUT2D eigenvalue weighted by molar-refractivity contribution is 0.0852. The van der Waals surface area contributed by atoms with Crippen molar-refractivity contribution >= 4 is 22.5 Å². The molecule has 0 amide bonds. The van der Waals surface area contributed by atoms with Crippen LogP contribution in [-0.2, 0) is 5.41 Å². The van der Waals surface area contributed by atoms with Crippen molar-refractivity contribution in [2.45, 2.75) is 45.4 Å². The summed E-state index contributed by atoms with van der Waals surface area (Å²) in [5.74, 6) is 0. The molecule has 4 aromatic rings. The van der Waals surface area contributed by atoms with Crippen molar-refractivity contribution in [1.29, 1.82) is 0 Å². The van der Waals surface area contributed by atoms with Gasteiger partial charge in [-0.1, -0.05) is 93.4 Å². The molecule has 5 rings (SSSR count). The van der Waals surface area contributed by atoms with E-state index in [1.807, 2.05) is 12.1 Å². The van der Waals surface area contributed by atoms with Gasteiger partial charge >= 0.3 is 0 Å². The molecule has 0 radical (unpaired) electrons. The van der Waals surface area contributed by atoms with Crippen LogP contribution in [0.15, 0.2) is 72.9 Å². The molecule has 1 aliphatic carbocycles. The lowest BCUT2D eigenvalue weighted by Crippen LogP contribution is -2.45. The first kappa shape index (κ1) is 20.2. The molecule has 0 bridgehead atoms. The van der Waals surface area contributed by atoms with Gasteiger partial charge in [0.2, 0.25) is 0 Å². The fourth-order valence-electron chi connectivity index (χ4n) is 5.07. The summed E-state index contributed by atoms with van der Waals surface area (Å²) in [6, 6.07) is 23.7. The van der Waals surface area contributed by atoms with Crippen molar-refractivity contribution in [1.82, 2.24) is 9.97 Å². The molecule has 156 valence electrons. The average molecular weight is 427 g/mol. The topological polar surface area (TPSA) is 25.8 Å². The Morgan fingerprint density at radius 1 is 0.871 bits per heavy atom. The van der Waals surface area contributed by atoms with Gasteiger partial charge < -0.3 is 0 Å². The van der Waals surface area contributed by atoms with Crippen molar-refractivity contribution in [3.8, 4) is 22.4 Å². The molecule has 2 nitrogen and oxygen atoms in total. The molecule has 2 aromatic heterocycles. The molecular formula is C28H27ClN2. The Hall–Kier alpha value is -2.71. The largest absolute Gasteiger partial charge is 0.244 e. The molecule has 0 spiro atoms. The van der Waals surface area contributed by atoms with Gasteiger partial charge in [-0.3, -0.25) is 0 Å². The lowest BCUT2D eigenvalue weighted by atomic mass is 9.52. The third-order valence-electron chi connectivity index (χ3n) is 7.13. The zero-order valence-electron chi connectivity index (χ0n) is 18.3. The van der Waals surface area contributed by atoms with Crippen LogP contribution in [0.4, 0.5) is 0 Å². The normalized spacial score (nSPS) is 15.6. The van der Waals surface area contributed by atoms with Crippen LogP contribution >= 0.6 is 11.6 Å². The average Bonchev–Trinajstić information content (AvgIpc) is 2.73. The van der Waals surface area contributed by atoms with E-state index in [1.165, 1.54) is 24.8 Å². The number of pyridine rings is 2. The predicted octanol–water partition coefficient (Wildman–Crippen LogP) is 8.09. The lowest BCUT2D eigenvalue weighted by Gasteiger charge is -2.52. The summed E-state index contributed by atoms with van der Waals surface area (Å²) in [5, 5.41) is 1.44. The fourth-order valence-corrected chi connectivity index (χ4v) is 5.28. The zero-order chi connectivity index (χ0) is 21.6. The van der Waals surface area contributed by atoms with Gasteiger partial charge in [0.05, 0.1) is 5.69 Å². The predicted molar refractivity (Wildman–Crippen MR) is 130 cm³/mol. The minimum Gasteiger partial charge on any atom is -0.244 e. The van der Waals surface area contributed by atoms with Crippen LogP contribution in [-0.4, -0.2) is 9.97 Å². The van der Waals surface area contributed by atoms with Crippen LogP contribution < -0.4 is 0 Å². The van der Waals surface area contributed by atoms with E-state index in [2.05, 4.69) is 80.4 Å². The third kappa shape index (κ3) is 3.34. The van der Waals surface area contributed by atoms with E-state index in [0.29, 0.717) is 5.15 Å². The van der Waals surface area contributed by atoms with Crippen molar-refractivity contribution in [3.05, 3.63) is 83.6 Å². The highest BCUT2D eigenvalue weighted by Gasteiger charge is 2.47. The Morgan fingerprint density at radius 2 is 1.58 bits per heavy atom. The first-order chi connectivity index (χ1) is 14.9. The van der Waals surface area contributed by atoms with E-state index < -0.39 is 0 Å². The molecule has 1 aliphatic rings. The molecule has 0 unspecified atom stereocenters.